The van der Waals surface area contributed by atoms with E-state index in [2.05, 4.69) is 5.73 Å². The van der Waals surface area contributed by atoms with Gasteiger partial charge in [0.05, 0.1) is 0 Å². The number of rotatable bonds is 0. The van der Waals surface area contributed by atoms with Gasteiger partial charge < -0.3 is 5.11 Å². The van der Waals surface area contributed by atoms with Crippen LogP contribution in [0.3, 0.4) is 0 Å². The van der Waals surface area contributed by atoms with E-state index in [-0.39, 0.29) is 5.76 Å². The van der Waals surface area contributed by atoms with E-state index in [4.69, 9.17) is 5.11 Å². The van der Waals surface area contributed by atoms with E-state index in [1.54, 1.807) is 30.4 Å². The molecular weight excluding hydrogens is 100 g/mol. The van der Waals surface area contributed by atoms with Gasteiger partial charge in [0.15, 0.2) is 0 Å². The minimum atomic E-state index is 0.270. The molecule has 0 unspecified atom stereocenters. The lowest BCUT2D eigenvalue weighted by Crippen LogP contribution is -1.67. The Morgan fingerprint density at radius 2 is 2.25 bits per heavy atom. The summed E-state index contributed by atoms with van der Waals surface area (Å²) in [6.45, 7) is 0. The topological polar surface area (TPSA) is 20.2 Å². The first-order valence-corrected chi connectivity index (χ1v) is 2.38. The second kappa shape index (κ2) is 2.20. The van der Waals surface area contributed by atoms with Crippen LogP contribution in [0.15, 0.2) is 41.9 Å². The summed E-state index contributed by atoms with van der Waals surface area (Å²) in [6, 6.07) is 0. The fraction of sp³-hybridized carbons (Fsp3) is 0. The summed E-state index contributed by atoms with van der Waals surface area (Å²) in [7, 11) is 0. The molecule has 1 N–H and O–H groups in total. The average molecular weight is 106 g/mol. The number of hydrogen-bond acceptors (Lipinski definition) is 1. The molecule has 0 heterocycles. The lowest BCUT2D eigenvalue weighted by molar-refractivity contribution is 0.433. The SMILES string of the molecule is OC1=CC=C=CC=C1. The van der Waals surface area contributed by atoms with Crippen LogP contribution >= 0.6 is 0 Å². The second-order valence-electron chi connectivity index (χ2n) is 1.45. The molecule has 0 aliphatic heterocycles. The molecule has 0 saturated carbocycles. The van der Waals surface area contributed by atoms with Crippen LogP contribution < -0.4 is 0 Å². The van der Waals surface area contributed by atoms with Gasteiger partial charge in [0.2, 0.25) is 0 Å². The van der Waals surface area contributed by atoms with Crippen LogP contribution in [0.25, 0.3) is 0 Å². The average Bonchev–Trinajstić information content (AvgIpc) is 1.94. The third kappa shape index (κ3) is 1.14. The molecule has 0 saturated heterocycles. The monoisotopic (exact) mass is 106 g/mol. The minimum absolute atomic E-state index is 0.270. The normalized spacial score (nSPS) is 15.8. The first-order valence-electron chi connectivity index (χ1n) is 2.38. The Hall–Kier alpha value is -1.20. The zero-order valence-corrected chi connectivity index (χ0v) is 4.33. The van der Waals surface area contributed by atoms with Crippen molar-refractivity contribution in [3.8, 4) is 0 Å². The lowest BCUT2D eigenvalue weighted by Gasteiger charge is -1.80. The summed E-state index contributed by atoms with van der Waals surface area (Å²) in [5.41, 5.74) is 2.80. The summed E-state index contributed by atoms with van der Waals surface area (Å²) in [6.07, 6.45) is 8.32. The van der Waals surface area contributed by atoms with Gasteiger partial charge in [-0.25, -0.2) is 0 Å². The third-order valence-corrected chi connectivity index (χ3v) is 0.810. The van der Waals surface area contributed by atoms with Crippen molar-refractivity contribution in [1.82, 2.24) is 0 Å². The van der Waals surface area contributed by atoms with Gasteiger partial charge in [0.1, 0.15) is 5.76 Å². The van der Waals surface area contributed by atoms with Crippen LogP contribution in [0, 0.1) is 0 Å². The highest BCUT2D eigenvalue weighted by Gasteiger charge is 1.79. The smallest absolute Gasteiger partial charge is 0.116 e. The van der Waals surface area contributed by atoms with Crippen molar-refractivity contribution in [3.05, 3.63) is 41.9 Å². The first kappa shape index (κ1) is 4.95. The first-order chi connectivity index (χ1) is 3.89. The largest absolute Gasteiger partial charge is 0.508 e. The quantitative estimate of drug-likeness (QED) is 0.466. The van der Waals surface area contributed by atoms with Gasteiger partial charge in [-0.1, -0.05) is 6.08 Å². The van der Waals surface area contributed by atoms with E-state index in [9.17, 15) is 0 Å². The van der Waals surface area contributed by atoms with Gasteiger partial charge in [0, 0.05) is 0 Å². The molecule has 8 heavy (non-hydrogen) atoms. The zero-order chi connectivity index (χ0) is 5.82. The highest BCUT2D eigenvalue weighted by Crippen LogP contribution is 1.93. The van der Waals surface area contributed by atoms with Gasteiger partial charge >= 0.3 is 0 Å². The predicted octanol–water partition coefficient (Wildman–Crippen LogP) is 1.71. The molecule has 1 nitrogen and oxygen atoms in total. The summed E-state index contributed by atoms with van der Waals surface area (Å²) in [5.74, 6) is 0.270. The molecule has 40 valence electrons. The summed E-state index contributed by atoms with van der Waals surface area (Å²) in [5, 5.41) is 8.77. The van der Waals surface area contributed by atoms with Gasteiger partial charge in [-0.3, -0.25) is 0 Å². The molecule has 0 radical (unpaired) electrons. The minimum Gasteiger partial charge on any atom is -0.508 e. The number of aliphatic hydroxyl groups excluding tert-OH is 1. The fourth-order valence-corrected chi connectivity index (χ4v) is 0.447. The van der Waals surface area contributed by atoms with E-state index < -0.39 is 0 Å². The molecule has 0 aromatic rings. The molecule has 0 amide bonds. The van der Waals surface area contributed by atoms with Crippen molar-refractivity contribution in [1.29, 1.82) is 0 Å². The summed E-state index contributed by atoms with van der Waals surface area (Å²) >= 11 is 0. The molecular formula is C7H6O. The zero-order valence-electron chi connectivity index (χ0n) is 4.33. The standard InChI is InChI=1S/C7H6O/c8-7-5-3-1-2-4-6-7/h1,3-6,8H. The van der Waals surface area contributed by atoms with Crippen molar-refractivity contribution in [2.75, 3.05) is 0 Å². The summed E-state index contributed by atoms with van der Waals surface area (Å²) in [4.78, 5) is 0. The van der Waals surface area contributed by atoms with Crippen LogP contribution in [0.4, 0.5) is 0 Å². The Labute approximate surface area is 48.0 Å². The van der Waals surface area contributed by atoms with E-state index in [1.165, 1.54) is 0 Å². The third-order valence-electron chi connectivity index (χ3n) is 0.810. The van der Waals surface area contributed by atoms with Crippen LogP contribution in [-0.4, -0.2) is 5.11 Å². The maximum absolute atomic E-state index is 8.77. The highest BCUT2D eigenvalue weighted by atomic mass is 16.3. The van der Waals surface area contributed by atoms with Gasteiger partial charge in [-0.05, 0) is 24.3 Å². The predicted molar refractivity (Wildman–Crippen MR) is 32.5 cm³/mol. The van der Waals surface area contributed by atoms with Crippen LogP contribution in [0.1, 0.15) is 0 Å². The fourth-order valence-electron chi connectivity index (χ4n) is 0.447. The van der Waals surface area contributed by atoms with E-state index in [1.807, 2.05) is 0 Å². The van der Waals surface area contributed by atoms with Crippen LogP contribution in [-0.2, 0) is 0 Å². The van der Waals surface area contributed by atoms with E-state index in [0.717, 1.165) is 0 Å². The Balaban J connectivity index is 2.90. The van der Waals surface area contributed by atoms with Gasteiger partial charge in [-0.15, -0.1) is 5.73 Å². The lowest BCUT2D eigenvalue weighted by atomic mass is 10.4. The highest BCUT2D eigenvalue weighted by molar-refractivity contribution is 5.23. The van der Waals surface area contributed by atoms with Crippen molar-refractivity contribution >= 4 is 0 Å². The number of hydrogen-bond donors (Lipinski definition) is 1. The van der Waals surface area contributed by atoms with Gasteiger partial charge in [0.25, 0.3) is 0 Å². The van der Waals surface area contributed by atoms with Crippen molar-refractivity contribution in [3.63, 3.8) is 0 Å². The number of allylic oxidation sites excluding steroid dienone is 4. The molecule has 1 rings (SSSR count). The molecule has 0 atom stereocenters. The van der Waals surface area contributed by atoms with Crippen molar-refractivity contribution < 1.29 is 5.11 Å². The maximum atomic E-state index is 8.77. The van der Waals surface area contributed by atoms with Crippen LogP contribution in [0.5, 0.6) is 0 Å². The summed E-state index contributed by atoms with van der Waals surface area (Å²) < 4.78 is 0. The maximum Gasteiger partial charge on any atom is 0.116 e. The molecule has 0 aromatic carbocycles. The van der Waals surface area contributed by atoms with Crippen molar-refractivity contribution in [2.24, 2.45) is 0 Å². The molecule has 0 aromatic heterocycles. The Kier molecular flexibility index (Phi) is 1.36. The van der Waals surface area contributed by atoms with E-state index >= 15 is 0 Å². The molecule has 0 bridgehead atoms. The van der Waals surface area contributed by atoms with Crippen molar-refractivity contribution in [2.45, 2.75) is 0 Å². The van der Waals surface area contributed by atoms with Gasteiger partial charge in [-0.2, -0.15) is 0 Å². The molecule has 1 heteroatoms. The Morgan fingerprint density at radius 3 is 3.12 bits per heavy atom. The second-order valence-corrected chi connectivity index (χ2v) is 1.45. The molecule has 0 fully saturated rings. The Morgan fingerprint density at radius 1 is 1.38 bits per heavy atom. The number of aliphatic hydroxyl groups is 1. The molecule has 0 spiro atoms. The molecule has 1 aliphatic carbocycles. The molecule has 1 aliphatic rings. The van der Waals surface area contributed by atoms with Crippen LogP contribution in [0.2, 0.25) is 0 Å². The van der Waals surface area contributed by atoms with E-state index in [0.29, 0.717) is 0 Å². The Bertz CT molecular complexity index is 190.